The van der Waals surface area contributed by atoms with Gasteiger partial charge in [-0.25, -0.2) is 4.99 Å². The van der Waals surface area contributed by atoms with Gasteiger partial charge < -0.3 is 15.5 Å². The Labute approximate surface area is 163 Å². The summed E-state index contributed by atoms with van der Waals surface area (Å²) in [6, 6.07) is 8.83. The van der Waals surface area contributed by atoms with Crippen LogP contribution in [0.1, 0.15) is 32.3 Å². The minimum atomic E-state index is 0. The number of benzene rings is 1. The van der Waals surface area contributed by atoms with Gasteiger partial charge in [-0.3, -0.25) is 0 Å². The topological polar surface area (TPSA) is 39.7 Å². The van der Waals surface area contributed by atoms with Crippen molar-refractivity contribution in [3.8, 4) is 0 Å². The van der Waals surface area contributed by atoms with Gasteiger partial charge in [-0.1, -0.05) is 25.1 Å². The third-order valence-corrected chi connectivity index (χ3v) is 4.26. The molecule has 0 unspecified atom stereocenters. The van der Waals surface area contributed by atoms with E-state index in [0.717, 1.165) is 25.0 Å². The van der Waals surface area contributed by atoms with Crippen molar-refractivity contribution in [2.45, 2.75) is 33.2 Å². The van der Waals surface area contributed by atoms with E-state index in [1.807, 2.05) is 6.08 Å². The number of aliphatic imine (C=N–C) groups is 1. The van der Waals surface area contributed by atoms with Crippen LogP contribution in [0.4, 0.5) is 5.69 Å². The second-order valence-corrected chi connectivity index (χ2v) is 6.20. The molecule has 0 atom stereocenters. The molecule has 0 spiro atoms. The number of guanidine groups is 1. The number of piperidine rings is 1. The van der Waals surface area contributed by atoms with E-state index in [2.05, 4.69) is 65.2 Å². The van der Waals surface area contributed by atoms with Gasteiger partial charge in [0.2, 0.25) is 0 Å². The first-order valence-electron chi connectivity index (χ1n) is 8.70. The number of hydrogen-bond donors (Lipinski definition) is 2. The molecule has 1 aliphatic heterocycles. The molecule has 0 aromatic heterocycles. The molecule has 2 rings (SSSR count). The number of halogens is 1. The summed E-state index contributed by atoms with van der Waals surface area (Å²) in [6.07, 6.45) is 4.43. The summed E-state index contributed by atoms with van der Waals surface area (Å²) in [7, 11) is 0. The fourth-order valence-corrected chi connectivity index (χ4v) is 2.76. The van der Waals surface area contributed by atoms with Gasteiger partial charge >= 0.3 is 0 Å². The Morgan fingerprint density at radius 1 is 1.25 bits per heavy atom. The van der Waals surface area contributed by atoms with Crippen LogP contribution in [0.25, 0.3) is 0 Å². The highest BCUT2D eigenvalue weighted by molar-refractivity contribution is 14.0. The van der Waals surface area contributed by atoms with Crippen molar-refractivity contribution >= 4 is 35.6 Å². The highest BCUT2D eigenvalue weighted by atomic mass is 127. The number of anilines is 1. The van der Waals surface area contributed by atoms with Crippen LogP contribution in [0.2, 0.25) is 0 Å². The van der Waals surface area contributed by atoms with Gasteiger partial charge in [0, 0.05) is 31.9 Å². The molecule has 134 valence electrons. The molecule has 0 bridgehead atoms. The van der Waals surface area contributed by atoms with Crippen LogP contribution in [0, 0.1) is 5.92 Å². The minimum absolute atomic E-state index is 0. The fraction of sp³-hybridized carbons (Fsp3) is 0.526. The Bertz CT molecular complexity index is 505. The number of hydrogen-bond acceptors (Lipinski definition) is 2. The average Bonchev–Trinajstić information content (AvgIpc) is 2.58. The smallest absolute Gasteiger partial charge is 0.191 e. The summed E-state index contributed by atoms with van der Waals surface area (Å²) in [5.74, 6) is 1.70. The largest absolute Gasteiger partial charge is 0.372 e. The second kappa shape index (κ2) is 11.3. The lowest BCUT2D eigenvalue weighted by Crippen LogP contribution is -2.37. The van der Waals surface area contributed by atoms with Crippen molar-refractivity contribution in [3.63, 3.8) is 0 Å². The van der Waals surface area contributed by atoms with Crippen molar-refractivity contribution in [2.75, 3.05) is 31.1 Å². The molecule has 1 aromatic carbocycles. The summed E-state index contributed by atoms with van der Waals surface area (Å²) < 4.78 is 0. The van der Waals surface area contributed by atoms with Gasteiger partial charge in [0.1, 0.15) is 0 Å². The van der Waals surface area contributed by atoms with Gasteiger partial charge in [0.15, 0.2) is 5.96 Å². The van der Waals surface area contributed by atoms with Crippen molar-refractivity contribution in [3.05, 3.63) is 42.5 Å². The molecule has 1 fully saturated rings. The van der Waals surface area contributed by atoms with Crippen LogP contribution in [-0.2, 0) is 6.54 Å². The molecule has 0 saturated carbocycles. The van der Waals surface area contributed by atoms with Gasteiger partial charge in [0.25, 0.3) is 0 Å². The molecular weight excluding hydrogens is 411 g/mol. The fourth-order valence-electron chi connectivity index (χ4n) is 2.76. The van der Waals surface area contributed by atoms with Crippen molar-refractivity contribution in [2.24, 2.45) is 10.9 Å². The first kappa shape index (κ1) is 20.8. The minimum Gasteiger partial charge on any atom is -0.372 e. The first-order valence-corrected chi connectivity index (χ1v) is 8.70. The van der Waals surface area contributed by atoms with E-state index in [4.69, 9.17) is 0 Å². The lowest BCUT2D eigenvalue weighted by molar-refractivity contribution is 0.438. The Morgan fingerprint density at radius 3 is 2.50 bits per heavy atom. The van der Waals surface area contributed by atoms with Gasteiger partial charge in [-0.15, -0.1) is 30.6 Å². The van der Waals surface area contributed by atoms with Crippen molar-refractivity contribution in [1.29, 1.82) is 0 Å². The summed E-state index contributed by atoms with van der Waals surface area (Å²) in [5.41, 5.74) is 2.57. The molecule has 4 nitrogen and oxygen atoms in total. The predicted molar refractivity (Wildman–Crippen MR) is 115 cm³/mol. The highest BCUT2D eigenvalue weighted by Crippen LogP contribution is 2.23. The van der Waals surface area contributed by atoms with Gasteiger partial charge in [-0.2, -0.15) is 0 Å². The summed E-state index contributed by atoms with van der Waals surface area (Å²) in [5, 5.41) is 6.46. The molecule has 5 heteroatoms. The standard InChI is InChI=1S/C19H30N4.HI/c1-4-12-21-19(20-5-2)22-15-17-6-8-18(9-7-17)23-13-10-16(3)11-14-23;/h4,6-9,16H,1,5,10-15H2,2-3H3,(H2,20,21,22);1H. The lowest BCUT2D eigenvalue weighted by Gasteiger charge is -2.32. The van der Waals surface area contributed by atoms with Crippen LogP contribution < -0.4 is 15.5 Å². The third kappa shape index (κ3) is 6.71. The Hall–Kier alpha value is -1.24. The van der Waals surface area contributed by atoms with Gasteiger partial charge in [-0.05, 0) is 43.4 Å². The summed E-state index contributed by atoms with van der Waals surface area (Å²) in [6.45, 7) is 12.7. The normalized spacial score (nSPS) is 15.6. The molecule has 0 radical (unpaired) electrons. The maximum Gasteiger partial charge on any atom is 0.191 e. The SMILES string of the molecule is C=CCNC(=NCc1ccc(N2CCC(C)CC2)cc1)NCC.I. The second-order valence-electron chi connectivity index (χ2n) is 6.20. The number of nitrogens with zero attached hydrogens (tertiary/aromatic N) is 2. The number of nitrogens with one attached hydrogen (secondary N) is 2. The van der Waals surface area contributed by atoms with Gasteiger partial charge in [0.05, 0.1) is 6.54 Å². The molecule has 1 heterocycles. The Balaban J connectivity index is 0.00000288. The van der Waals surface area contributed by atoms with E-state index in [9.17, 15) is 0 Å². The van der Waals surface area contributed by atoms with Crippen molar-refractivity contribution in [1.82, 2.24) is 10.6 Å². The van der Waals surface area contributed by atoms with E-state index in [0.29, 0.717) is 6.54 Å². The molecule has 2 N–H and O–H groups in total. The van der Waals surface area contributed by atoms with Crippen LogP contribution in [0.3, 0.4) is 0 Å². The van der Waals surface area contributed by atoms with E-state index >= 15 is 0 Å². The van der Waals surface area contributed by atoms with Crippen LogP contribution >= 0.6 is 24.0 Å². The Kier molecular flexibility index (Phi) is 9.83. The maximum atomic E-state index is 4.61. The molecule has 0 aliphatic carbocycles. The first-order chi connectivity index (χ1) is 11.2. The number of rotatable bonds is 6. The maximum absolute atomic E-state index is 4.61. The lowest BCUT2D eigenvalue weighted by atomic mass is 9.99. The molecular formula is C19H31IN4. The molecule has 1 saturated heterocycles. The molecule has 0 amide bonds. The van der Waals surface area contributed by atoms with Crippen LogP contribution in [0.5, 0.6) is 0 Å². The van der Waals surface area contributed by atoms with Crippen LogP contribution in [-0.4, -0.2) is 32.1 Å². The summed E-state index contributed by atoms with van der Waals surface area (Å²) >= 11 is 0. The third-order valence-electron chi connectivity index (χ3n) is 4.26. The zero-order valence-electron chi connectivity index (χ0n) is 14.9. The molecule has 24 heavy (non-hydrogen) atoms. The van der Waals surface area contributed by atoms with E-state index in [1.165, 1.54) is 37.2 Å². The van der Waals surface area contributed by atoms with E-state index < -0.39 is 0 Å². The van der Waals surface area contributed by atoms with Crippen molar-refractivity contribution < 1.29 is 0 Å². The quantitative estimate of drug-likeness (QED) is 0.305. The molecule has 1 aromatic rings. The Morgan fingerprint density at radius 2 is 1.92 bits per heavy atom. The highest BCUT2D eigenvalue weighted by Gasteiger charge is 2.15. The average molecular weight is 442 g/mol. The van der Waals surface area contributed by atoms with E-state index in [-0.39, 0.29) is 24.0 Å². The van der Waals surface area contributed by atoms with Crippen LogP contribution in [0.15, 0.2) is 41.9 Å². The van der Waals surface area contributed by atoms with E-state index in [1.54, 1.807) is 0 Å². The zero-order chi connectivity index (χ0) is 16.5. The monoisotopic (exact) mass is 442 g/mol. The summed E-state index contributed by atoms with van der Waals surface area (Å²) in [4.78, 5) is 7.10. The zero-order valence-corrected chi connectivity index (χ0v) is 17.3. The predicted octanol–water partition coefficient (Wildman–Crippen LogP) is 3.78. The molecule has 1 aliphatic rings.